The Morgan fingerprint density at radius 2 is 2.12 bits per heavy atom. The number of amides is 1. The molecule has 10 heteroatoms. The third-order valence-electron chi connectivity index (χ3n) is 5.35. The number of ketones is 1. The molecule has 1 aliphatic heterocycles. The van der Waals surface area contributed by atoms with E-state index in [1.54, 1.807) is 11.0 Å². The van der Waals surface area contributed by atoms with Gasteiger partial charge in [0, 0.05) is 45.1 Å². The van der Waals surface area contributed by atoms with Crippen molar-refractivity contribution in [2.75, 3.05) is 40.0 Å². The molecule has 1 fully saturated rings. The summed E-state index contributed by atoms with van der Waals surface area (Å²) in [5.74, 6) is -1.56. The van der Waals surface area contributed by atoms with Crippen molar-refractivity contribution < 1.29 is 28.2 Å². The molecule has 0 saturated carbocycles. The highest BCUT2D eigenvalue weighted by Gasteiger charge is 2.23. The standard InChI is InChI=1S/C24H26FN3O6/c1-16-13-27(7-9-33-16)22(29)15-34-21-5-4-19(25)11-20(21)23(30)18-10-17(12-26)24(31)28(14-18)6-3-8-32-2/h4-5,10-11,14,16H,3,6-9,13,15H2,1-2H3. The van der Waals surface area contributed by atoms with Gasteiger partial charge >= 0.3 is 0 Å². The van der Waals surface area contributed by atoms with Gasteiger partial charge in [-0.25, -0.2) is 4.39 Å². The number of aryl methyl sites for hydroxylation is 1. The predicted octanol–water partition coefficient (Wildman–Crippen LogP) is 1.75. The topological polar surface area (TPSA) is 111 Å². The number of carbonyl (C=O) groups excluding carboxylic acids is 2. The highest BCUT2D eigenvalue weighted by Crippen LogP contribution is 2.23. The van der Waals surface area contributed by atoms with E-state index >= 15 is 0 Å². The van der Waals surface area contributed by atoms with Gasteiger partial charge in [-0.15, -0.1) is 0 Å². The maximum atomic E-state index is 14.0. The van der Waals surface area contributed by atoms with Crippen molar-refractivity contribution in [1.82, 2.24) is 9.47 Å². The van der Waals surface area contributed by atoms with Crippen LogP contribution in [-0.4, -0.2) is 67.3 Å². The molecule has 1 aromatic carbocycles. The number of rotatable bonds is 9. The number of benzene rings is 1. The van der Waals surface area contributed by atoms with Crippen LogP contribution in [0.1, 0.15) is 34.8 Å². The van der Waals surface area contributed by atoms with E-state index in [0.717, 1.165) is 12.1 Å². The van der Waals surface area contributed by atoms with Crippen LogP contribution in [0.25, 0.3) is 0 Å². The minimum absolute atomic E-state index is 0.0247. The van der Waals surface area contributed by atoms with Crippen molar-refractivity contribution in [3.63, 3.8) is 0 Å². The Balaban J connectivity index is 1.85. The van der Waals surface area contributed by atoms with Crippen molar-refractivity contribution >= 4 is 11.7 Å². The van der Waals surface area contributed by atoms with Gasteiger partial charge in [0.15, 0.2) is 12.4 Å². The van der Waals surface area contributed by atoms with Gasteiger partial charge in [0.1, 0.15) is 23.2 Å². The molecule has 2 heterocycles. The molecular weight excluding hydrogens is 445 g/mol. The third-order valence-corrected chi connectivity index (χ3v) is 5.35. The molecule has 34 heavy (non-hydrogen) atoms. The molecule has 1 aliphatic rings. The van der Waals surface area contributed by atoms with Gasteiger partial charge in [-0.3, -0.25) is 14.4 Å². The fraction of sp³-hybridized carbons (Fsp3) is 0.417. The summed E-state index contributed by atoms with van der Waals surface area (Å²) in [6, 6.07) is 6.37. The highest BCUT2D eigenvalue weighted by atomic mass is 19.1. The number of hydrogen-bond donors (Lipinski definition) is 0. The normalized spacial score (nSPS) is 15.6. The molecule has 1 aromatic heterocycles. The lowest BCUT2D eigenvalue weighted by Crippen LogP contribution is -2.46. The summed E-state index contributed by atoms with van der Waals surface area (Å²) in [4.78, 5) is 39.8. The van der Waals surface area contributed by atoms with Gasteiger partial charge < -0.3 is 23.7 Å². The van der Waals surface area contributed by atoms with Crippen molar-refractivity contribution in [3.05, 3.63) is 63.3 Å². The first kappa shape index (κ1) is 25.1. The molecule has 180 valence electrons. The highest BCUT2D eigenvalue weighted by molar-refractivity contribution is 6.10. The molecule has 1 atom stereocenters. The van der Waals surface area contributed by atoms with Crippen LogP contribution < -0.4 is 10.3 Å². The molecule has 0 bridgehead atoms. The van der Waals surface area contributed by atoms with Crippen molar-refractivity contribution in [1.29, 1.82) is 5.26 Å². The smallest absolute Gasteiger partial charge is 0.268 e. The van der Waals surface area contributed by atoms with E-state index in [4.69, 9.17) is 14.2 Å². The summed E-state index contributed by atoms with van der Waals surface area (Å²) in [5.41, 5.74) is -0.832. The molecule has 3 rings (SSSR count). The predicted molar refractivity (Wildman–Crippen MR) is 119 cm³/mol. The average molecular weight is 471 g/mol. The number of morpholine rings is 1. The summed E-state index contributed by atoms with van der Waals surface area (Å²) in [5, 5.41) is 9.34. The van der Waals surface area contributed by atoms with Crippen LogP contribution in [0.15, 0.2) is 35.3 Å². The molecular formula is C24H26FN3O6. The van der Waals surface area contributed by atoms with Gasteiger partial charge in [-0.2, -0.15) is 5.26 Å². The molecule has 1 unspecified atom stereocenters. The zero-order chi connectivity index (χ0) is 24.7. The number of ether oxygens (including phenoxy) is 3. The fourth-order valence-electron chi connectivity index (χ4n) is 3.62. The van der Waals surface area contributed by atoms with Crippen molar-refractivity contribution in [2.45, 2.75) is 26.0 Å². The zero-order valence-corrected chi connectivity index (χ0v) is 19.1. The van der Waals surface area contributed by atoms with Crippen LogP contribution in [0.2, 0.25) is 0 Å². The summed E-state index contributed by atoms with van der Waals surface area (Å²) in [7, 11) is 1.53. The number of nitriles is 1. The molecule has 1 amide bonds. The van der Waals surface area contributed by atoms with E-state index in [2.05, 4.69) is 0 Å². The Bertz CT molecular complexity index is 1160. The van der Waals surface area contributed by atoms with Crippen LogP contribution >= 0.6 is 0 Å². The second-order valence-corrected chi connectivity index (χ2v) is 7.88. The molecule has 1 saturated heterocycles. The van der Waals surface area contributed by atoms with E-state index in [9.17, 15) is 24.0 Å². The first-order chi connectivity index (χ1) is 16.3. The van der Waals surface area contributed by atoms with Gasteiger partial charge in [0.05, 0.1) is 18.3 Å². The van der Waals surface area contributed by atoms with Crippen LogP contribution in [-0.2, 0) is 20.8 Å². The summed E-state index contributed by atoms with van der Waals surface area (Å²) in [6.07, 6.45) is 1.74. The zero-order valence-electron chi connectivity index (χ0n) is 19.1. The van der Waals surface area contributed by atoms with Gasteiger partial charge in [-0.1, -0.05) is 0 Å². The molecule has 2 aromatic rings. The van der Waals surface area contributed by atoms with E-state index in [-0.39, 0.29) is 47.6 Å². The number of pyridine rings is 1. The maximum absolute atomic E-state index is 14.0. The second-order valence-electron chi connectivity index (χ2n) is 7.88. The molecule has 0 spiro atoms. The molecule has 0 radical (unpaired) electrons. The van der Waals surface area contributed by atoms with Crippen molar-refractivity contribution in [3.8, 4) is 11.8 Å². The van der Waals surface area contributed by atoms with Crippen molar-refractivity contribution in [2.24, 2.45) is 0 Å². The number of nitrogens with zero attached hydrogens (tertiary/aromatic N) is 3. The molecule has 0 N–H and O–H groups in total. The Labute approximate surface area is 196 Å². The SMILES string of the molecule is COCCCn1cc(C(=O)c2cc(F)ccc2OCC(=O)N2CCOC(C)C2)cc(C#N)c1=O. The lowest BCUT2D eigenvalue weighted by Gasteiger charge is -2.31. The monoisotopic (exact) mass is 471 g/mol. The Hall–Kier alpha value is -3.55. The van der Waals surface area contributed by atoms with Crippen LogP contribution in [0.3, 0.4) is 0 Å². The number of halogens is 1. The minimum Gasteiger partial charge on any atom is -0.483 e. The Morgan fingerprint density at radius 1 is 1.32 bits per heavy atom. The van der Waals surface area contributed by atoms with E-state index < -0.39 is 17.2 Å². The number of hydrogen-bond acceptors (Lipinski definition) is 7. The average Bonchev–Trinajstić information content (AvgIpc) is 2.83. The van der Waals surface area contributed by atoms with E-state index in [1.165, 1.54) is 30.0 Å². The summed E-state index contributed by atoms with van der Waals surface area (Å²) < 4.78 is 31.3. The summed E-state index contributed by atoms with van der Waals surface area (Å²) in [6.45, 7) is 3.45. The molecule has 0 aliphatic carbocycles. The first-order valence-electron chi connectivity index (χ1n) is 10.8. The van der Waals surface area contributed by atoms with Crippen LogP contribution in [0, 0.1) is 17.1 Å². The largest absolute Gasteiger partial charge is 0.483 e. The van der Waals surface area contributed by atoms with Gasteiger partial charge in [-0.05, 0) is 37.6 Å². The lowest BCUT2D eigenvalue weighted by atomic mass is 10.0. The van der Waals surface area contributed by atoms with Gasteiger partial charge in [0.2, 0.25) is 0 Å². The maximum Gasteiger partial charge on any atom is 0.268 e. The van der Waals surface area contributed by atoms with E-state index in [0.29, 0.717) is 32.7 Å². The number of methoxy groups -OCH3 is 1. The van der Waals surface area contributed by atoms with E-state index in [1.807, 2.05) is 6.92 Å². The minimum atomic E-state index is -0.669. The quantitative estimate of drug-likeness (QED) is 0.405. The lowest BCUT2D eigenvalue weighted by molar-refractivity contribution is -0.140. The van der Waals surface area contributed by atoms with Gasteiger partial charge in [0.25, 0.3) is 11.5 Å². The third kappa shape index (κ3) is 6.07. The summed E-state index contributed by atoms with van der Waals surface area (Å²) >= 11 is 0. The first-order valence-corrected chi connectivity index (χ1v) is 10.8. The Morgan fingerprint density at radius 3 is 2.82 bits per heavy atom. The fourth-order valence-corrected chi connectivity index (χ4v) is 3.62. The number of carbonyl (C=O) groups is 2. The van der Waals surface area contributed by atoms with Crippen LogP contribution in [0.5, 0.6) is 5.75 Å². The number of aromatic nitrogens is 1. The molecule has 9 nitrogen and oxygen atoms in total. The van der Waals surface area contributed by atoms with Crippen LogP contribution in [0.4, 0.5) is 4.39 Å². The second kappa shape index (κ2) is 11.5. The Kier molecular flexibility index (Phi) is 8.51.